The highest BCUT2D eigenvalue weighted by Crippen LogP contribution is 2.28. The Morgan fingerprint density at radius 1 is 1.38 bits per heavy atom. The van der Waals surface area contributed by atoms with Crippen molar-refractivity contribution in [1.82, 2.24) is 14.7 Å². The Morgan fingerprint density at radius 3 is 2.92 bits per heavy atom. The van der Waals surface area contributed by atoms with Crippen molar-refractivity contribution in [3.8, 4) is 0 Å². The molecule has 0 radical (unpaired) electrons. The van der Waals surface area contributed by atoms with Crippen LogP contribution < -0.4 is 4.72 Å². The summed E-state index contributed by atoms with van der Waals surface area (Å²) >= 11 is 5.92. The van der Waals surface area contributed by atoms with E-state index in [1.165, 1.54) is 12.1 Å². The molecule has 0 bridgehead atoms. The number of aliphatic imine (C=N–C) groups is 1. The molecular weight excluding hydrogens is 374 g/mol. The molecule has 0 aliphatic carbocycles. The Morgan fingerprint density at radius 2 is 2.23 bits per heavy atom. The molecule has 136 valence electrons. The smallest absolute Gasteiger partial charge is 0.264 e. The molecule has 1 unspecified atom stereocenters. The number of hydrogen-bond donors (Lipinski definition) is 1. The predicted molar refractivity (Wildman–Crippen MR) is 102 cm³/mol. The Balaban J connectivity index is 1.90. The van der Waals surface area contributed by atoms with E-state index in [-0.39, 0.29) is 16.9 Å². The van der Waals surface area contributed by atoms with Gasteiger partial charge in [0.15, 0.2) is 0 Å². The molecular formula is C17H18ClN5O2S. The zero-order valence-corrected chi connectivity index (χ0v) is 15.7. The molecule has 3 rings (SSSR count). The number of benzene rings is 1. The van der Waals surface area contributed by atoms with E-state index in [0.717, 1.165) is 5.56 Å². The Labute approximate surface area is 157 Å². The van der Waals surface area contributed by atoms with Gasteiger partial charge in [-0.15, -0.1) is 0 Å². The second-order valence-electron chi connectivity index (χ2n) is 5.54. The molecule has 0 fully saturated rings. The van der Waals surface area contributed by atoms with E-state index in [1.807, 2.05) is 19.1 Å². The first-order chi connectivity index (χ1) is 12.5. The van der Waals surface area contributed by atoms with Gasteiger partial charge in [0.25, 0.3) is 10.0 Å². The molecule has 1 N–H and O–H groups in total. The molecule has 0 spiro atoms. The van der Waals surface area contributed by atoms with E-state index in [0.29, 0.717) is 18.0 Å². The van der Waals surface area contributed by atoms with Gasteiger partial charge < -0.3 is 0 Å². The molecule has 1 aromatic heterocycles. The minimum atomic E-state index is -3.84. The maximum Gasteiger partial charge on any atom is 0.264 e. The van der Waals surface area contributed by atoms with Crippen LogP contribution in [0.15, 0.2) is 63.8 Å². The summed E-state index contributed by atoms with van der Waals surface area (Å²) in [5.41, 5.74) is 0.927. The average molecular weight is 392 g/mol. The van der Waals surface area contributed by atoms with Crippen LogP contribution in [0.1, 0.15) is 24.9 Å². The van der Waals surface area contributed by atoms with Gasteiger partial charge >= 0.3 is 0 Å². The van der Waals surface area contributed by atoms with E-state index in [2.05, 4.69) is 19.8 Å². The lowest BCUT2D eigenvalue weighted by Crippen LogP contribution is -2.42. The van der Waals surface area contributed by atoms with Gasteiger partial charge in [0, 0.05) is 36.6 Å². The summed E-state index contributed by atoms with van der Waals surface area (Å²) in [4.78, 5) is 8.49. The van der Waals surface area contributed by atoms with Gasteiger partial charge in [0.1, 0.15) is 0 Å². The monoisotopic (exact) mass is 391 g/mol. The summed E-state index contributed by atoms with van der Waals surface area (Å²) in [6.07, 6.45) is 5.79. The second kappa shape index (κ2) is 7.84. The zero-order valence-electron chi connectivity index (χ0n) is 14.1. The summed E-state index contributed by atoms with van der Waals surface area (Å²) in [5.74, 6) is 0.162. The first-order valence-electron chi connectivity index (χ1n) is 8.05. The van der Waals surface area contributed by atoms with Crippen molar-refractivity contribution >= 4 is 33.8 Å². The van der Waals surface area contributed by atoms with Crippen LogP contribution in [-0.4, -0.2) is 37.1 Å². The third kappa shape index (κ3) is 4.03. The van der Waals surface area contributed by atoms with Gasteiger partial charge in [-0.2, -0.15) is 5.10 Å². The molecule has 0 saturated carbocycles. The summed E-state index contributed by atoms with van der Waals surface area (Å²) in [6, 6.07) is 9.65. The van der Waals surface area contributed by atoms with Gasteiger partial charge in [-0.05, 0) is 36.8 Å². The van der Waals surface area contributed by atoms with Crippen LogP contribution in [0.2, 0.25) is 5.02 Å². The quantitative estimate of drug-likeness (QED) is 0.641. The maximum absolute atomic E-state index is 12.7. The van der Waals surface area contributed by atoms with Crippen LogP contribution in [0.4, 0.5) is 0 Å². The number of nitrogens with zero attached hydrogens (tertiary/aromatic N) is 4. The SMILES string of the molecule is CCN=C(NS(=O)(=O)c1cccc(Cl)c1)N1N=CCC1c1cccnc1. The second-order valence-corrected chi connectivity index (χ2v) is 7.66. The fraction of sp³-hybridized carbons (Fsp3) is 0.235. The molecule has 26 heavy (non-hydrogen) atoms. The van der Waals surface area contributed by atoms with Crippen molar-refractivity contribution in [1.29, 1.82) is 0 Å². The van der Waals surface area contributed by atoms with Gasteiger partial charge in [-0.3, -0.25) is 9.98 Å². The molecule has 2 heterocycles. The van der Waals surface area contributed by atoms with E-state index in [1.54, 1.807) is 35.7 Å². The van der Waals surface area contributed by atoms with Gasteiger partial charge in [-0.25, -0.2) is 18.1 Å². The van der Waals surface area contributed by atoms with Gasteiger partial charge in [0.05, 0.1) is 10.9 Å². The van der Waals surface area contributed by atoms with Crippen LogP contribution >= 0.6 is 11.6 Å². The highest BCUT2D eigenvalue weighted by molar-refractivity contribution is 7.90. The molecule has 7 nitrogen and oxygen atoms in total. The standard InChI is InChI=1S/C17H18ClN5O2S/c1-2-20-17(22-26(24,25)15-7-3-6-14(18)11-15)23-16(8-10-21-23)13-5-4-9-19-12-13/h3-7,9-12,16H,2,8H2,1H3,(H,20,22). The van der Waals surface area contributed by atoms with Crippen LogP contribution in [0.5, 0.6) is 0 Å². The third-order valence-electron chi connectivity index (χ3n) is 3.76. The Kier molecular flexibility index (Phi) is 5.53. The van der Waals surface area contributed by atoms with Crippen molar-refractivity contribution in [2.75, 3.05) is 6.54 Å². The number of nitrogens with one attached hydrogen (secondary N) is 1. The molecule has 1 aliphatic rings. The summed E-state index contributed by atoms with van der Waals surface area (Å²) in [5, 5.41) is 6.22. The fourth-order valence-corrected chi connectivity index (χ4v) is 3.89. The molecule has 1 aliphatic heterocycles. The lowest BCUT2D eigenvalue weighted by Gasteiger charge is -2.25. The van der Waals surface area contributed by atoms with Crippen LogP contribution in [0.25, 0.3) is 0 Å². The molecule has 2 aromatic rings. The number of halogens is 1. The van der Waals surface area contributed by atoms with Crippen molar-refractivity contribution in [2.24, 2.45) is 10.1 Å². The minimum absolute atomic E-state index is 0.0647. The van der Waals surface area contributed by atoms with Crippen molar-refractivity contribution in [2.45, 2.75) is 24.3 Å². The summed E-state index contributed by atoms with van der Waals surface area (Å²) < 4.78 is 28.0. The maximum atomic E-state index is 12.7. The number of sulfonamides is 1. The van der Waals surface area contributed by atoms with E-state index < -0.39 is 10.0 Å². The van der Waals surface area contributed by atoms with Crippen LogP contribution in [0, 0.1) is 0 Å². The molecule has 9 heteroatoms. The van der Waals surface area contributed by atoms with Crippen LogP contribution in [-0.2, 0) is 10.0 Å². The molecule has 1 atom stereocenters. The van der Waals surface area contributed by atoms with Crippen molar-refractivity contribution in [3.05, 3.63) is 59.4 Å². The average Bonchev–Trinajstić information content (AvgIpc) is 3.12. The topological polar surface area (TPSA) is 87.0 Å². The van der Waals surface area contributed by atoms with Gasteiger partial charge in [0.2, 0.25) is 5.96 Å². The van der Waals surface area contributed by atoms with Crippen molar-refractivity contribution < 1.29 is 8.42 Å². The highest BCUT2D eigenvalue weighted by Gasteiger charge is 2.29. The summed E-state index contributed by atoms with van der Waals surface area (Å²) in [7, 11) is -3.84. The third-order valence-corrected chi connectivity index (χ3v) is 5.32. The number of hydrogen-bond acceptors (Lipinski definition) is 5. The van der Waals surface area contributed by atoms with E-state index in [9.17, 15) is 8.42 Å². The summed E-state index contributed by atoms with van der Waals surface area (Å²) in [6.45, 7) is 2.23. The molecule has 0 saturated heterocycles. The van der Waals surface area contributed by atoms with Crippen molar-refractivity contribution in [3.63, 3.8) is 0 Å². The number of guanidine groups is 1. The fourth-order valence-electron chi connectivity index (χ4n) is 2.58. The lowest BCUT2D eigenvalue weighted by atomic mass is 10.1. The predicted octanol–water partition coefficient (Wildman–Crippen LogP) is 2.82. The highest BCUT2D eigenvalue weighted by atomic mass is 35.5. The van der Waals surface area contributed by atoms with Gasteiger partial charge in [-0.1, -0.05) is 23.7 Å². The zero-order chi connectivity index (χ0) is 18.6. The Hall–Kier alpha value is -2.45. The Bertz CT molecular complexity index is 931. The number of aromatic nitrogens is 1. The van der Waals surface area contributed by atoms with E-state index in [4.69, 9.17) is 11.6 Å². The largest absolute Gasteiger partial charge is 0.264 e. The number of pyridine rings is 1. The number of rotatable bonds is 4. The first-order valence-corrected chi connectivity index (χ1v) is 9.92. The number of hydrazone groups is 1. The lowest BCUT2D eigenvalue weighted by molar-refractivity contribution is 0.360. The van der Waals surface area contributed by atoms with E-state index >= 15 is 0 Å². The first kappa shape index (κ1) is 18.3. The minimum Gasteiger partial charge on any atom is -0.264 e. The normalized spacial score (nSPS) is 17.5. The van der Waals surface area contributed by atoms with Crippen LogP contribution in [0.3, 0.4) is 0 Å². The molecule has 1 aromatic carbocycles. The molecule has 0 amide bonds.